The highest BCUT2D eigenvalue weighted by molar-refractivity contribution is 5.69. The first-order chi connectivity index (χ1) is 9.36. The number of hydrogen-bond acceptors (Lipinski definition) is 1. The first kappa shape index (κ1) is 14.6. The van der Waals surface area contributed by atoms with Crippen molar-refractivity contribution in [2.24, 2.45) is 0 Å². The van der Waals surface area contributed by atoms with Gasteiger partial charge >= 0.3 is 6.18 Å². The van der Waals surface area contributed by atoms with Crippen LogP contribution in [0.2, 0.25) is 0 Å². The van der Waals surface area contributed by atoms with Crippen molar-refractivity contribution in [1.82, 2.24) is 9.78 Å². The molecule has 0 fully saturated rings. The summed E-state index contributed by atoms with van der Waals surface area (Å²) >= 11 is 0. The fourth-order valence-electron chi connectivity index (χ4n) is 2.34. The lowest BCUT2D eigenvalue weighted by atomic mass is 10.0. The van der Waals surface area contributed by atoms with E-state index in [0.717, 1.165) is 0 Å². The van der Waals surface area contributed by atoms with Gasteiger partial charge in [0.05, 0.1) is 0 Å². The molecule has 2 aromatic rings. The number of hydrogen-bond donors (Lipinski definition) is 0. The van der Waals surface area contributed by atoms with Gasteiger partial charge in [-0.05, 0) is 25.8 Å². The van der Waals surface area contributed by atoms with Crippen molar-refractivity contribution < 1.29 is 13.2 Å². The van der Waals surface area contributed by atoms with E-state index in [1.807, 2.05) is 20.8 Å². The maximum absolute atomic E-state index is 13.3. The lowest BCUT2D eigenvalue weighted by molar-refractivity contribution is -0.141. The summed E-state index contributed by atoms with van der Waals surface area (Å²) in [6.07, 6.45) is -3.94. The largest absolute Gasteiger partial charge is 0.435 e. The molecule has 2 rings (SSSR count). The van der Waals surface area contributed by atoms with Crippen LogP contribution in [0.5, 0.6) is 0 Å². The number of aromatic nitrogens is 2. The van der Waals surface area contributed by atoms with Crippen LogP contribution in [-0.4, -0.2) is 9.78 Å². The SMILES string of the molecule is CCc1c(-c2ccccc2)c(C(F)(F)F)nn1C(C)C. The van der Waals surface area contributed by atoms with Crippen LogP contribution in [0.3, 0.4) is 0 Å². The Labute approximate surface area is 116 Å². The predicted molar refractivity (Wildman–Crippen MR) is 72.4 cm³/mol. The third-order valence-corrected chi connectivity index (χ3v) is 3.16. The highest BCUT2D eigenvalue weighted by Gasteiger charge is 2.39. The van der Waals surface area contributed by atoms with Crippen molar-refractivity contribution in [3.63, 3.8) is 0 Å². The molecule has 0 amide bonds. The number of alkyl halides is 3. The summed E-state index contributed by atoms with van der Waals surface area (Å²) in [6.45, 7) is 5.52. The van der Waals surface area contributed by atoms with Gasteiger partial charge in [0.1, 0.15) is 0 Å². The van der Waals surface area contributed by atoms with Crippen LogP contribution in [0.1, 0.15) is 38.2 Å². The number of halogens is 3. The summed E-state index contributed by atoms with van der Waals surface area (Å²) in [7, 11) is 0. The van der Waals surface area contributed by atoms with Gasteiger partial charge in [-0.3, -0.25) is 4.68 Å². The van der Waals surface area contributed by atoms with Crippen LogP contribution in [0.25, 0.3) is 11.1 Å². The molecule has 0 spiro atoms. The van der Waals surface area contributed by atoms with Crippen molar-refractivity contribution >= 4 is 0 Å². The van der Waals surface area contributed by atoms with Crippen molar-refractivity contribution in [3.05, 3.63) is 41.7 Å². The van der Waals surface area contributed by atoms with Gasteiger partial charge in [-0.1, -0.05) is 37.3 Å². The maximum Gasteiger partial charge on any atom is 0.435 e. The van der Waals surface area contributed by atoms with Crippen molar-refractivity contribution in [2.75, 3.05) is 0 Å². The minimum atomic E-state index is -4.45. The Morgan fingerprint density at radius 1 is 1.15 bits per heavy atom. The first-order valence-electron chi connectivity index (χ1n) is 6.60. The number of benzene rings is 1. The fraction of sp³-hybridized carbons (Fsp3) is 0.400. The highest BCUT2D eigenvalue weighted by atomic mass is 19.4. The lowest BCUT2D eigenvalue weighted by Crippen LogP contribution is -2.10. The fourth-order valence-corrected chi connectivity index (χ4v) is 2.34. The molecule has 108 valence electrons. The zero-order valence-electron chi connectivity index (χ0n) is 11.7. The summed E-state index contributed by atoms with van der Waals surface area (Å²) in [4.78, 5) is 0. The Bertz CT molecular complexity index is 583. The molecule has 0 bridgehead atoms. The van der Waals surface area contributed by atoms with Crippen LogP contribution >= 0.6 is 0 Å². The summed E-state index contributed by atoms with van der Waals surface area (Å²) in [5.41, 5.74) is 0.589. The molecule has 1 aromatic carbocycles. The summed E-state index contributed by atoms with van der Waals surface area (Å²) in [5, 5.41) is 3.82. The van der Waals surface area contributed by atoms with Gasteiger partial charge in [-0.15, -0.1) is 0 Å². The molecule has 5 heteroatoms. The highest BCUT2D eigenvalue weighted by Crippen LogP contribution is 2.39. The van der Waals surface area contributed by atoms with Crippen LogP contribution in [-0.2, 0) is 12.6 Å². The van der Waals surface area contributed by atoms with Crippen molar-refractivity contribution in [3.8, 4) is 11.1 Å². The van der Waals surface area contributed by atoms with E-state index in [1.165, 1.54) is 4.68 Å². The molecule has 0 radical (unpaired) electrons. The molecular weight excluding hydrogens is 265 g/mol. The van der Waals surface area contributed by atoms with Gasteiger partial charge in [0.25, 0.3) is 0 Å². The second-order valence-corrected chi connectivity index (χ2v) is 4.93. The van der Waals surface area contributed by atoms with Gasteiger partial charge < -0.3 is 0 Å². The lowest BCUT2D eigenvalue weighted by Gasteiger charge is -2.11. The third-order valence-electron chi connectivity index (χ3n) is 3.16. The molecule has 20 heavy (non-hydrogen) atoms. The first-order valence-corrected chi connectivity index (χ1v) is 6.60. The second kappa shape index (κ2) is 5.31. The van der Waals surface area contributed by atoms with Gasteiger partial charge in [-0.25, -0.2) is 0 Å². The molecule has 0 aliphatic heterocycles. The smallest absolute Gasteiger partial charge is 0.266 e. The van der Waals surface area contributed by atoms with E-state index in [0.29, 0.717) is 17.7 Å². The van der Waals surface area contributed by atoms with Crippen LogP contribution in [0.4, 0.5) is 13.2 Å². The van der Waals surface area contributed by atoms with Gasteiger partial charge in [0.2, 0.25) is 0 Å². The molecule has 0 aliphatic carbocycles. The average molecular weight is 282 g/mol. The monoisotopic (exact) mass is 282 g/mol. The molecule has 2 nitrogen and oxygen atoms in total. The Kier molecular flexibility index (Phi) is 3.88. The Morgan fingerprint density at radius 2 is 1.75 bits per heavy atom. The topological polar surface area (TPSA) is 17.8 Å². The normalized spacial score (nSPS) is 12.2. The molecule has 0 N–H and O–H groups in total. The average Bonchev–Trinajstić information content (AvgIpc) is 2.79. The Morgan fingerprint density at radius 3 is 2.20 bits per heavy atom. The zero-order chi connectivity index (χ0) is 14.9. The van der Waals surface area contributed by atoms with E-state index in [-0.39, 0.29) is 11.6 Å². The van der Waals surface area contributed by atoms with E-state index in [2.05, 4.69) is 5.10 Å². The molecule has 0 saturated heterocycles. The molecule has 1 heterocycles. The summed E-state index contributed by atoms with van der Waals surface area (Å²) in [5.74, 6) is 0. The minimum Gasteiger partial charge on any atom is -0.266 e. The van der Waals surface area contributed by atoms with Gasteiger partial charge in [0.15, 0.2) is 5.69 Å². The molecule has 0 saturated carbocycles. The third kappa shape index (κ3) is 2.57. The molecule has 1 aromatic heterocycles. The molecule has 0 atom stereocenters. The maximum atomic E-state index is 13.3. The van der Waals surface area contributed by atoms with E-state index in [4.69, 9.17) is 0 Å². The van der Waals surface area contributed by atoms with E-state index in [9.17, 15) is 13.2 Å². The van der Waals surface area contributed by atoms with Crippen molar-refractivity contribution in [1.29, 1.82) is 0 Å². The number of rotatable bonds is 3. The zero-order valence-corrected chi connectivity index (χ0v) is 11.7. The van der Waals surface area contributed by atoms with E-state index < -0.39 is 11.9 Å². The van der Waals surface area contributed by atoms with Crippen LogP contribution < -0.4 is 0 Å². The van der Waals surface area contributed by atoms with Gasteiger partial charge in [-0.2, -0.15) is 18.3 Å². The molecule has 0 unspecified atom stereocenters. The number of nitrogens with zero attached hydrogens (tertiary/aromatic N) is 2. The van der Waals surface area contributed by atoms with Crippen molar-refractivity contribution in [2.45, 2.75) is 39.4 Å². The Balaban J connectivity index is 2.75. The van der Waals surface area contributed by atoms with E-state index in [1.54, 1.807) is 30.3 Å². The minimum absolute atomic E-state index is 0.108. The quantitative estimate of drug-likeness (QED) is 0.797. The summed E-state index contributed by atoms with van der Waals surface area (Å²) in [6, 6.07) is 8.54. The second-order valence-electron chi connectivity index (χ2n) is 4.93. The van der Waals surface area contributed by atoms with Gasteiger partial charge in [0, 0.05) is 17.3 Å². The van der Waals surface area contributed by atoms with E-state index >= 15 is 0 Å². The molecule has 0 aliphatic rings. The predicted octanol–water partition coefficient (Wildman–Crippen LogP) is 4.71. The summed E-state index contributed by atoms with van der Waals surface area (Å²) < 4.78 is 41.2. The van der Waals surface area contributed by atoms with Crippen LogP contribution in [0, 0.1) is 0 Å². The Hall–Kier alpha value is -1.78. The molecular formula is C15H17F3N2. The standard InChI is InChI=1S/C15H17F3N2/c1-4-12-13(11-8-6-5-7-9-11)14(15(16,17)18)19-20(12)10(2)3/h5-10H,4H2,1-3H3. The van der Waals surface area contributed by atoms with Crippen LogP contribution in [0.15, 0.2) is 30.3 Å².